The van der Waals surface area contributed by atoms with Gasteiger partial charge in [-0.2, -0.15) is 5.10 Å². The van der Waals surface area contributed by atoms with Crippen LogP contribution in [-0.2, 0) is 29.1 Å². The number of alkyl halides is 1. The van der Waals surface area contributed by atoms with Gasteiger partial charge in [0.05, 0.1) is 17.2 Å². The number of nitrogens with one attached hydrogen (secondary N) is 1. The summed E-state index contributed by atoms with van der Waals surface area (Å²) in [4.78, 5) is 45.9. The highest BCUT2D eigenvalue weighted by Crippen LogP contribution is 2.29. The molecule has 8 aliphatic heterocycles. The van der Waals surface area contributed by atoms with E-state index in [1.165, 1.54) is 137 Å². The Kier molecular flexibility index (Phi) is 40.6. The Bertz CT molecular complexity index is 3770. The number of carbonyl (C=O) groups is 2. The van der Waals surface area contributed by atoms with Gasteiger partial charge in [0, 0.05) is 168 Å². The first-order chi connectivity index (χ1) is 57.7. The third-order valence-corrected chi connectivity index (χ3v) is 23.3. The first kappa shape index (κ1) is 97.8. The Morgan fingerprint density at radius 3 is 1.31 bits per heavy atom. The van der Waals surface area contributed by atoms with E-state index in [1.54, 1.807) is 31.9 Å². The minimum Gasteiger partial charge on any atom is -0.490 e. The molecule has 25 nitrogen and oxygen atoms in total. The Morgan fingerprint density at radius 2 is 0.860 bits per heavy atom. The molecule has 15 rings (SSSR count). The van der Waals surface area contributed by atoms with Gasteiger partial charge in [-0.25, -0.2) is 14.0 Å². The minimum atomic E-state index is -1.15. The van der Waals surface area contributed by atoms with Gasteiger partial charge in [0.1, 0.15) is 29.2 Å². The molecule has 1 aromatic heterocycles. The van der Waals surface area contributed by atoms with Crippen LogP contribution in [0.4, 0.5) is 59.5 Å². The standard InChI is InChI=1S/C14H22BrN3O2.2C12H19N3.C12H18N2O.C12H18N2.C11H17N3.C11H16N2.C10H19FN2O2/c1-14(2,3)20-13(19)17-6-4-11(5-7-17)9-18-10-12(15)8-16-18;1-14-6-8-15(9-7-14)10-11-2-4-12(13)5-3-11;1-15-8-6-12(7-9-15)14-11-4-2-10(13)3-5-11;1-14-8-6-12(7-9-14)15-11-4-2-10(13)3-5-11;1-14-8-6-11(7-9-14)10-2-4-12(13)5-3-10;1-13-6-8-14(9-7-13)11-4-2-10(12)3-5-11;12-11-5-3-10(4-6-11)9-13-7-1-2-8-13;1-10(2,3)15-9(14)13-5-4-8(12)7(11)6-13/h8,10-11H,4-7,9H2,1-3H3;2-5H,6-10,13H2,1H3;2-5,12,14H,6-9,13H2,1H3;2-5,12H,6-9,13H2,1H3;2-5,11H,6-9,13H2,1H3;2-5H,6-9,12H2,1H3;3-6H,1-2,7-9,12H2;7-8H,4-6,12H2,1-3H3/t;;;;;;;7-,8-/m.......0/s1. The van der Waals surface area contributed by atoms with Crippen molar-refractivity contribution in [2.24, 2.45) is 11.7 Å². The predicted octanol–water partition coefficient (Wildman–Crippen LogP) is 14.1. The van der Waals surface area contributed by atoms with Crippen molar-refractivity contribution in [2.75, 3.05) is 211 Å². The fraction of sp³-hybridized carbons (Fsp3) is 0.564. The van der Waals surface area contributed by atoms with Crippen LogP contribution < -0.4 is 55.1 Å². The molecule has 0 spiro atoms. The number of ether oxygens (including phenoxy) is 3. The van der Waals surface area contributed by atoms with E-state index in [4.69, 9.17) is 54.3 Å². The van der Waals surface area contributed by atoms with Gasteiger partial charge in [0.15, 0.2) is 0 Å². The number of hydrogen-bond acceptors (Lipinski definition) is 22. The molecule has 0 radical (unpaired) electrons. The number of benzene rings is 6. The number of halogens is 2. The Balaban J connectivity index is 0.000000172. The Morgan fingerprint density at radius 1 is 0.463 bits per heavy atom. The zero-order valence-corrected chi connectivity index (χ0v) is 76.3. The lowest BCUT2D eigenvalue weighted by Gasteiger charge is -2.34. The van der Waals surface area contributed by atoms with E-state index in [0.717, 1.165) is 148 Å². The van der Waals surface area contributed by atoms with Gasteiger partial charge in [-0.1, -0.05) is 36.4 Å². The molecule has 7 aromatic rings. The molecule has 2 atom stereocenters. The molecule has 668 valence electrons. The van der Waals surface area contributed by atoms with E-state index in [0.29, 0.717) is 31.0 Å². The van der Waals surface area contributed by atoms with Gasteiger partial charge in [-0.3, -0.25) is 14.5 Å². The maximum atomic E-state index is 13.2. The van der Waals surface area contributed by atoms with Crippen molar-refractivity contribution in [1.82, 2.24) is 53.9 Å². The van der Waals surface area contributed by atoms with Gasteiger partial charge in [-0.05, 0) is 340 Å². The molecule has 6 aromatic carbocycles. The maximum absolute atomic E-state index is 13.2. The van der Waals surface area contributed by atoms with Crippen molar-refractivity contribution in [3.8, 4) is 5.75 Å². The summed E-state index contributed by atoms with van der Waals surface area (Å²) in [5.74, 6) is 2.24. The van der Waals surface area contributed by atoms with E-state index in [2.05, 4.69) is 149 Å². The van der Waals surface area contributed by atoms with Crippen LogP contribution in [-0.4, -0.2) is 268 Å². The molecule has 0 unspecified atom stereocenters. The summed E-state index contributed by atoms with van der Waals surface area (Å²) in [6.45, 7) is 34.9. The number of aromatic nitrogens is 2. The molecule has 0 bridgehead atoms. The average Bonchev–Trinajstić information content (AvgIpc) is 1.82. The summed E-state index contributed by atoms with van der Waals surface area (Å²) in [5.41, 5.74) is 50.1. The highest BCUT2D eigenvalue weighted by atomic mass is 79.9. The second kappa shape index (κ2) is 50.2. The van der Waals surface area contributed by atoms with Crippen LogP contribution in [0.5, 0.6) is 5.75 Å². The highest BCUT2D eigenvalue weighted by Gasteiger charge is 2.33. The van der Waals surface area contributed by atoms with Gasteiger partial charge in [0.25, 0.3) is 0 Å². The van der Waals surface area contributed by atoms with Gasteiger partial charge < -0.3 is 98.9 Å². The number of anilines is 8. The molecular formula is C94H148BrFN20O5. The number of carbonyl (C=O) groups excluding carboxylic acids is 2. The summed E-state index contributed by atoms with van der Waals surface area (Å²) in [6.07, 6.45) is 14.8. The zero-order chi connectivity index (χ0) is 87.4. The van der Waals surface area contributed by atoms with Crippen LogP contribution in [0.25, 0.3) is 0 Å². The molecule has 0 aliphatic carbocycles. The van der Waals surface area contributed by atoms with Crippen molar-refractivity contribution in [3.63, 3.8) is 0 Å². The minimum absolute atomic E-state index is 0.0378. The molecular weight excluding hydrogens is 1590 g/mol. The number of nitrogens with zero attached hydrogens (tertiary/aromatic N) is 12. The molecule has 27 heteroatoms. The maximum Gasteiger partial charge on any atom is 0.410 e. The lowest BCUT2D eigenvalue weighted by molar-refractivity contribution is 0.0114. The molecule has 8 aliphatic rings. The second-order valence-electron chi connectivity index (χ2n) is 35.9. The SMILES string of the molecule is CC(C)(C)OC(=O)N1CCC(Cn2cc(Br)cn2)CC1.CC(C)(C)OC(=O)N1CC[C@H](N)[C@@H](F)C1.CN1CCC(Nc2ccc(N)cc2)CC1.CN1CCC(Oc2ccc(N)cc2)CC1.CN1CCC(c2ccc(N)cc2)CC1.CN1CCN(Cc2ccc(N)cc2)CC1.CN1CCN(c2ccc(N)cc2)CC1.Nc1ccc(CN2CCCC2)cc1. The van der Waals surface area contributed by atoms with Crippen molar-refractivity contribution in [3.05, 3.63) is 179 Å². The monoisotopic (exact) mass is 1740 g/mol. The zero-order valence-electron chi connectivity index (χ0n) is 74.7. The number of likely N-dealkylation sites (N-methyl/N-ethyl adjacent to an activating group) is 2. The van der Waals surface area contributed by atoms with Gasteiger partial charge in [-0.15, -0.1) is 0 Å². The molecule has 121 heavy (non-hydrogen) atoms. The number of nitrogens with two attached hydrogens (primary N) is 7. The van der Waals surface area contributed by atoms with Crippen LogP contribution in [0.3, 0.4) is 0 Å². The molecule has 9 heterocycles. The molecule has 8 saturated heterocycles. The summed E-state index contributed by atoms with van der Waals surface area (Å²) in [7, 11) is 10.9. The van der Waals surface area contributed by atoms with E-state index in [-0.39, 0.29) is 12.6 Å². The fourth-order valence-electron chi connectivity index (χ4n) is 15.1. The van der Waals surface area contributed by atoms with Crippen LogP contribution >= 0.6 is 15.9 Å². The summed E-state index contributed by atoms with van der Waals surface area (Å²) in [6, 6.07) is 48.6. The lowest BCUT2D eigenvalue weighted by Crippen LogP contribution is -2.51. The summed E-state index contributed by atoms with van der Waals surface area (Å²) < 4.78 is 32.6. The van der Waals surface area contributed by atoms with Crippen molar-refractivity contribution in [1.29, 1.82) is 0 Å². The summed E-state index contributed by atoms with van der Waals surface area (Å²) >= 11 is 3.40. The third-order valence-electron chi connectivity index (χ3n) is 22.9. The van der Waals surface area contributed by atoms with Crippen LogP contribution in [0.15, 0.2) is 162 Å². The largest absolute Gasteiger partial charge is 0.490 e. The average molecular weight is 1740 g/mol. The van der Waals surface area contributed by atoms with Crippen molar-refractivity contribution >= 4 is 73.6 Å². The van der Waals surface area contributed by atoms with Crippen LogP contribution in [0.1, 0.15) is 135 Å². The number of piperazine rings is 2. The normalized spacial score (nSPS) is 19.7. The van der Waals surface area contributed by atoms with Gasteiger partial charge >= 0.3 is 12.2 Å². The Hall–Kier alpha value is -8.64. The van der Waals surface area contributed by atoms with Crippen molar-refractivity contribution < 1.29 is 28.2 Å². The summed E-state index contributed by atoms with van der Waals surface area (Å²) in [5, 5.41) is 7.82. The molecule has 0 saturated carbocycles. The molecule has 8 fully saturated rings. The van der Waals surface area contributed by atoms with Gasteiger partial charge in [0.2, 0.25) is 0 Å². The predicted molar refractivity (Wildman–Crippen MR) is 503 cm³/mol. The topological polar surface area (TPSA) is 306 Å². The first-order valence-corrected chi connectivity index (χ1v) is 44.7. The highest BCUT2D eigenvalue weighted by molar-refractivity contribution is 9.10. The Labute approximate surface area is 732 Å². The number of rotatable bonds is 12. The third kappa shape index (κ3) is 38.3. The van der Waals surface area contributed by atoms with E-state index in [9.17, 15) is 14.0 Å². The van der Waals surface area contributed by atoms with E-state index < -0.39 is 29.5 Å². The first-order valence-electron chi connectivity index (χ1n) is 43.9. The number of nitrogen functional groups attached to an aromatic ring is 6. The number of amides is 2. The second-order valence-corrected chi connectivity index (χ2v) is 36.8. The molecule has 2 amide bonds. The fourth-order valence-corrected chi connectivity index (χ4v) is 15.4. The number of hydrogen-bond donors (Lipinski definition) is 8. The van der Waals surface area contributed by atoms with E-state index in [1.807, 2.05) is 129 Å². The van der Waals surface area contributed by atoms with Crippen LogP contribution in [0.2, 0.25) is 0 Å². The van der Waals surface area contributed by atoms with E-state index >= 15 is 0 Å². The number of likely N-dealkylation sites (tertiary alicyclic amines) is 6. The van der Waals surface area contributed by atoms with Crippen molar-refractivity contribution in [2.45, 2.75) is 173 Å². The molecule has 15 N–H and O–H groups in total. The number of piperidine rings is 5. The smallest absolute Gasteiger partial charge is 0.410 e. The van der Waals surface area contributed by atoms with Crippen LogP contribution in [0, 0.1) is 5.92 Å². The lowest BCUT2D eigenvalue weighted by atomic mass is 9.89. The quantitative estimate of drug-likeness (QED) is 0.0527.